The van der Waals surface area contributed by atoms with Gasteiger partial charge in [0, 0.05) is 18.9 Å². The molecule has 1 aromatic carbocycles. The van der Waals surface area contributed by atoms with Crippen molar-refractivity contribution in [1.82, 2.24) is 5.32 Å². The molecule has 1 unspecified atom stereocenters. The molecule has 2 amide bonds. The van der Waals surface area contributed by atoms with Gasteiger partial charge in [-0.25, -0.2) is 13.4 Å². The van der Waals surface area contributed by atoms with Gasteiger partial charge in [0.25, 0.3) is 5.91 Å². The maximum Gasteiger partial charge on any atom is 0.267 e. The van der Waals surface area contributed by atoms with E-state index in [1.807, 2.05) is 6.07 Å². The van der Waals surface area contributed by atoms with E-state index in [9.17, 15) is 18.0 Å². The molecule has 0 radical (unpaired) electrons. The van der Waals surface area contributed by atoms with Crippen LogP contribution in [0.5, 0.6) is 0 Å². The molecule has 0 aromatic heterocycles. The van der Waals surface area contributed by atoms with Gasteiger partial charge in [0.2, 0.25) is 5.91 Å². The monoisotopic (exact) mass is 335 g/mol. The summed E-state index contributed by atoms with van der Waals surface area (Å²) in [5.74, 6) is -0.511. The van der Waals surface area contributed by atoms with Gasteiger partial charge in [-0.05, 0) is 18.6 Å². The Balaban J connectivity index is 1.74. The Morgan fingerprint density at radius 2 is 1.96 bits per heavy atom. The predicted octanol–water partition coefficient (Wildman–Crippen LogP) is 0.473. The third-order valence-corrected chi connectivity index (χ3v) is 5.63. The standard InChI is InChI=1S/C15H17N3O4S/c19-14-7-6-13(17-18(14)12-4-2-1-3-5-12)15(20)16-11-8-9-23(21,22)10-11/h1-5,11H,6-10H2,(H,16,20). The van der Waals surface area contributed by atoms with E-state index in [4.69, 9.17) is 0 Å². The average Bonchev–Trinajstić information content (AvgIpc) is 2.87. The molecule has 1 N–H and O–H groups in total. The van der Waals surface area contributed by atoms with Crippen LogP contribution in [0.4, 0.5) is 5.69 Å². The van der Waals surface area contributed by atoms with Crippen LogP contribution in [0, 0.1) is 0 Å². The minimum atomic E-state index is -3.05. The molecule has 122 valence electrons. The number of amides is 2. The molecule has 1 aromatic rings. The number of carbonyl (C=O) groups excluding carboxylic acids is 2. The molecule has 0 bridgehead atoms. The molecule has 3 rings (SSSR count). The third-order valence-electron chi connectivity index (χ3n) is 3.86. The van der Waals surface area contributed by atoms with Gasteiger partial charge in [0.05, 0.1) is 17.2 Å². The number of rotatable bonds is 3. The van der Waals surface area contributed by atoms with E-state index in [2.05, 4.69) is 10.4 Å². The average molecular weight is 335 g/mol. The second kappa shape index (κ2) is 6.11. The second-order valence-corrected chi connectivity index (χ2v) is 7.89. The van der Waals surface area contributed by atoms with E-state index in [1.165, 1.54) is 5.01 Å². The highest BCUT2D eigenvalue weighted by Crippen LogP contribution is 2.20. The molecule has 1 fully saturated rings. The van der Waals surface area contributed by atoms with E-state index in [0.717, 1.165) is 0 Å². The van der Waals surface area contributed by atoms with Crippen molar-refractivity contribution >= 4 is 33.1 Å². The maximum absolute atomic E-state index is 12.3. The lowest BCUT2D eigenvalue weighted by Gasteiger charge is -2.23. The summed E-state index contributed by atoms with van der Waals surface area (Å²) in [5.41, 5.74) is 0.851. The first-order valence-corrected chi connectivity index (χ1v) is 9.23. The van der Waals surface area contributed by atoms with Crippen molar-refractivity contribution in [2.24, 2.45) is 5.10 Å². The summed E-state index contributed by atoms with van der Waals surface area (Å²) in [6.45, 7) is 0. The van der Waals surface area contributed by atoms with Crippen LogP contribution in [0.25, 0.3) is 0 Å². The summed E-state index contributed by atoms with van der Waals surface area (Å²) in [6, 6.07) is 8.51. The van der Waals surface area contributed by atoms with Crippen molar-refractivity contribution < 1.29 is 18.0 Å². The fourth-order valence-electron chi connectivity index (χ4n) is 2.67. The summed E-state index contributed by atoms with van der Waals surface area (Å²) < 4.78 is 22.9. The molecule has 0 aliphatic carbocycles. The molecule has 2 aliphatic heterocycles. The second-order valence-electron chi connectivity index (χ2n) is 5.66. The molecule has 23 heavy (non-hydrogen) atoms. The van der Waals surface area contributed by atoms with Gasteiger partial charge < -0.3 is 5.32 Å². The molecule has 2 heterocycles. The molecule has 1 saturated heterocycles. The normalized spacial score (nSPS) is 23.5. The van der Waals surface area contributed by atoms with Gasteiger partial charge in [-0.15, -0.1) is 0 Å². The summed E-state index contributed by atoms with van der Waals surface area (Å²) in [4.78, 5) is 24.3. The fraction of sp³-hybridized carbons (Fsp3) is 0.400. The minimum Gasteiger partial charge on any atom is -0.347 e. The molecule has 8 heteroatoms. The van der Waals surface area contributed by atoms with Gasteiger partial charge >= 0.3 is 0 Å². The van der Waals surface area contributed by atoms with Crippen molar-refractivity contribution in [2.45, 2.75) is 25.3 Å². The maximum atomic E-state index is 12.3. The molecule has 2 aliphatic rings. The summed E-state index contributed by atoms with van der Waals surface area (Å²) in [6.07, 6.45) is 0.875. The number of para-hydroxylation sites is 1. The molecular formula is C15H17N3O4S. The van der Waals surface area contributed by atoms with Gasteiger partial charge in [-0.2, -0.15) is 5.10 Å². The van der Waals surface area contributed by atoms with Crippen molar-refractivity contribution in [3.05, 3.63) is 30.3 Å². The van der Waals surface area contributed by atoms with Gasteiger partial charge in [-0.3, -0.25) is 9.59 Å². The van der Waals surface area contributed by atoms with Crippen LogP contribution in [-0.4, -0.2) is 43.5 Å². The zero-order valence-corrected chi connectivity index (χ0v) is 13.3. The van der Waals surface area contributed by atoms with E-state index < -0.39 is 15.7 Å². The number of hydrogen-bond donors (Lipinski definition) is 1. The highest BCUT2D eigenvalue weighted by atomic mass is 32.2. The zero-order chi connectivity index (χ0) is 16.4. The lowest BCUT2D eigenvalue weighted by atomic mass is 10.1. The number of anilines is 1. The summed E-state index contributed by atoms with van der Waals surface area (Å²) in [5, 5.41) is 8.08. The van der Waals surface area contributed by atoms with Crippen LogP contribution < -0.4 is 10.3 Å². The van der Waals surface area contributed by atoms with Gasteiger partial charge in [-0.1, -0.05) is 18.2 Å². The van der Waals surface area contributed by atoms with Gasteiger partial charge in [0.15, 0.2) is 9.84 Å². The number of carbonyl (C=O) groups is 2. The number of nitrogens with one attached hydrogen (secondary N) is 1. The molecular weight excluding hydrogens is 318 g/mol. The van der Waals surface area contributed by atoms with Crippen LogP contribution in [0.15, 0.2) is 35.4 Å². The number of benzene rings is 1. The Bertz CT molecular complexity index is 758. The largest absolute Gasteiger partial charge is 0.347 e. The topological polar surface area (TPSA) is 95.9 Å². The minimum absolute atomic E-state index is 0.0344. The third kappa shape index (κ3) is 3.58. The number of nitrogens with zero attached hydrogens (tertiary/aromatic N) is 2. The van der Waals surface area contributed by atoms with E-state index in [-0.39, 0.29) is 42.0 Å². The van der Waals surface area contributed by atoms with Crippen LogP contribution in [0.3, 0.4) is 0 Å². The van der Waals surface area contributed by atoms with Crippen LogP contribution in [-0.2, 0) is 19.4 Å². The SMILES string of the molecule is O=C(NC1CCS(=O)(=O)C1)C1=NN(c2ccccc2)C(=O)CC1. The van der Waals surface area contributed by atoms with Crippen LogP contribution >= 0.6 is 0 Å². The smallest absolute Gasteiger partial charge is 0.267 e. The van der Waals surface area contributed by atoms with Crippen molar-refractivity contribution in [3.63, 3.8) is 0 Å². The lowest BCUT2D eigenvalue weighted by molar-refractivity contribution is -0.119. The van der Waals surface area contributed by atoms with Crippen LogP contribution in [0.1, 0.15) is 19.3 Å². The Kier molecular flexibility index (Phi) is 4.16. The Morgan fingerprint density at radius 3 is 2.61 bits per heavy atom. The summed E-state index contributed by atoms with van der Waals surface area (Å²) >= 11 is 0. The Labute approximate surface area is 134 Å². The first kappa shape index (κ1) is 15.7. The number of hydrazone groups is 1. The Hall–Kier alpha value is -2.22. The zero-order valence-electron chi connectivity index (χ0n) is 12.4. The van der Waals surface area contributed by atoms with Crippen molar-refractivity contribution in [2.75, 3.05) is 16.5 Å². The number of hydrogen-bond acceptors (Lipinski definition) is 5. The fourth-order valence-corrected chi connectivity index (χ4v) is 4.34. The van der Waals surface area contributed by atoms with Gasteiger partial charge in [0.1, 0.15) is 5.71 Å². The quantitative estimate of drug-likeness (QED) is 0.868. The van der Waals surface area contributed by atoms with E-state index in [1.54, 1.807) is 24.3 Å². The Morgan fingerprint density at radius 1 is 1.22 bits per heavy atom. The van der Waals surface area contributed by atoms with E-state index >= 15 is 0 Å². The number of sulfone groups is 1. The molecule has 7 nitrogen and oxygen atoms in total. The first-order valence-electron chi connectivity index (χ1n) is 7.41. The highest BCUT2D eigenvalue weighted by Gasteiger charge is 2.31. The molecule has 1 atom stereocenters. The highest BCUT2D eigenvalue weighted by molar-refractivity contribution is 7.91. The molecule has 0 spiro atoms. The van der Waals surface area contributed by atoms with Crippen LogP contribution in [0.2, 0.25) is 0 Å². The van der Waals surface area contributed by atoms with Crippen molar-refractivity contribution in [1.29, 1.82) is 0 Å². The molecule has 0 saturated carbocycles. The van der Waals surface area contributed by atoms with Crippen molar-refractivity contribution in [3.8, 4) is 0 Å². The predicted molar refractivity (Wildman–Crippen MR) is 85.8 cm³/mol. The van der Waals surface area contributed by atoms with E-state index in [0.29, 0.717) is 12.1 Å². The first-order chi connectivity index (χ1) is 10.9. The lowest BCUT2D eigenvalue weighted by Crippen LogP contribution is -2.43. The summed E-state index contributed by atoms with van der Waals surface area (Å²) in [7, 11) is -3.05.